The molecule has 1 aromatic carbocycles. The van der Waals surface area contributed by atoms with Crippen LogP contribution < -0.4 is 10.2 Å². The number of aromatic carboxylic acids is 1. The van der Waals surface area contributed by atoms with Crippen LogP contribution in [0.2, 0.25) is 0 Å². The number of benzene rings is 1. The van der Waals surface area contributed by atoms with E-state index in [0.29, 0.717) is 23.3 Å². The summed E-state index contributed by atoms with van der Waals surface area (Å²) in [6, 6.07) is 9.44. The summed E-state index contributed by atoms with van der Waals surface area (Å²) in [7, 11) is 0. The Morgan fingerprint density at radius 1 is 1.25 bits per heavy atom. The van der Waals surface area contributed by atoms with E-state index in [1.165, 1.54) is 18.2 Å². The Hall–Kier alpha value is -3.15. The number of pyridine rings is 1. The van der Waals surface area contributed by atoms with Crippen molar-refractivity contribution in [1.82, 2.24) is 4.98 Å². The molecule has 0 unspecified atom stereocenters. The molecule has 0 atom stereocenters. The van der Waals surface area contributed by atoms with E-state index in [-0.39, 0.29) is 22.6 Å². The van der Waals surface area contributed by atoms with E-state index in [1.807, 2.05) is 13.0 Å². The van der Waals surface area contributed by atoms with Crippen LogP contribution in [0.4, 0.5) is 0 Å². The second-order valence-electron chi connectivity index (χ2n) is 5.26. The summed E-state index contributed by atoms with van der Waals surface area (Å²) in [6.07, 6.45) is 0. The molecule has 0 bridgehead atoms. The van der Waals surface area contributed by atoms with Crippen LogP contribution in [-0.2, 0) is 0 Å². The zero-order valence-electron chi connectivity index (χ0n) is 13.2. The summed E-state index contributed by atoms with van der Waals surface area (Å²) in [4.78, 5) is 27.6. The highest BCUT2D eigenvalue weighted by Crippen LogP contribution is 2.29. The lowest BCUT2D eigenvalue weighted by Gasteiger charge is -2.10. The molecular weight excluding hydrogens is 310 g/mol. The third kappa shape index (κ3) is 2.86. The number of fused-ring (bicyclic) bond motifs is 1. The topological polar surface area (TPSA) is 89.6 Å². The number of nitrogens with zero attached hydrogens (tertiary/aromatic N) is 1. The van der Waals surface area contributed by atoms with Gasteiger partial charge in [0.15, 0.2) is 11.2 Å². The summed E-state index contributed by atoms with van der Waals surface area (Å²) >= 11 is 0. The number of ether oxygens (including phenoxy) is 1. The van der Waals surface area contributed by atoms with Gasteiger partial charge in [-0.15, -0.1) is 0 Å². The average Bonchev–Trinajstić information content (AvgIpc) is 2.56. The van der Waals surface area contributed by atoms with Gasteiger partial charge in [0.2, 0.25) is 0 Å². The molecule has 0 fully saturated rings. The molecule has 122 valence electrons. The summed E-state index contributed by atoms with van der Waals surface area (Å²) in [5.41, 5.74) is 1.17. The van der Waals surface area contributed by atoms with Gasteiger partial charge >= 0.3 is 5.97 Å². The van der Waals surface area contributed by atoms with Crippen molar-refractivity contribution in [3.05, 3.63) is 57.9 Å². The number of carboxylic acids is 1. The molecular formula is C18H15NO5. The quantitative estimate of drug-likeness (QED) is 0.792. The number of hydrogen-bond acceptors (Lipinski definition) is 5. The van der Waals surface area contributed by atoms with Crippen LogP contribution in [0.3, 0.4) is 0 Å². The lowest BCUT2D eigenvalue weighted by Crippen LogP contribution is -2.06. The number of aromatic nitrogens is 1. The highest BCUT2D eigenvalue weighted by atomic mass is 16.5. The number of aryl methyl sites for hydroxylation is 1. The highest BCUT2D eigenvalue weighted by molar-refractivity contribution is 5.87. The fourth-order valence-corrected chi connectivity index (χ4v) is 2.40. The van der Waals surface area contributed by atoms with Crippen molar-refractivity contribution in [3.8, 4) is 17.2 Å². The van der Waals surface area contributed by atoms with Crippen LogP contribution in [0.1, 0.15) is 23.0 Å². The Balaban J connectivity index is 2.25. The zero-order chi connectivity index (χ0) is 17.3. The first-order valence-corrected chi connectivity index (χ1v) is 7.41. The van der Waals surface area contributed by atoms with Crippen LogP contribution in [0.15, 0.2) is 45.6 Å². The molecule has 3 aromatic rings. The summed E-state index contributed by atoms with van der Waals surface area (Å²) in [5, 5.41) is 9.60. The van der Waals surface area contributed by atoms with Gasteiger partial charge in [0.1, 0.15) is 22.7 Å². The Labute approximate surface area is 137 Å². The molecule has 6 nitrogen and oxygen atoms in total. The molecule has 0 aliphatic heterocycles. The molecule has 0 saturated carbocycles. The number of hydrogen-bond donors (Lipinski definition) is 1. The molecule has 2 heterocycles. The van der Waals surface area contributed by atoms with Crippen LogP contribution in [-0.4, -0.2) is 22.7 Å². The van der Waals surface area contributed by atoms with Crippen LogP contribution in [0, 0.1) is 6.92 Å². The Bertz CT molecular complexity index is 990. The van der Waals surface area contributed by atoms with Crippen molar-refractivity contribution < 1.29 is 19.1 Å². The maximum Gasteiger partial charge on any atom is 0.354 e. The number of carbonyl (C=O) groups is 1. The summed E-state index contributed by atoms with van der Waals surface area (Å²) in [5.74, 6) is -0.641. The van der Waals surface area contributed by atoms with Crippen LogP contribution in [0.5, 0.6) is 5.75 Å². The third-order valence-corrected chi connectivity index (χ3v) is 3.49. The molecule has 0 spiro atoms. The third-order valence-electron chi connectivity index (χ3n) is 3.49. The van der Waals surface area contributed by atoms with E-state index in [0.717, 1.165) is 5.56 Å². The van der Waals surface area contributed by atoms with Crippen molar-refractivity contribution in [1.29, 1.82) is 0 Å². The van der Waals surface area contributed by atoms with Gasteiger partial charge in [0, 0.05) is 6.07 Å². The Morgan fingerprint density at radius 3 is 2.75 bits per heavy atom. The van der Waals surface area contributed by atoms with E-state index in [1.54, 1.807) is 19.1 Å². The van der Waals surface area contributed by atoms with Gasteiger partial charge in [-0.3, -0.25) is 4.79 Å². The van der Waals surface area contributed by atoms with E-state index >= 15 is 0 Å². The van der Waals surface area contributed by atoms with Crippen LogP contribution >= 0.6 is 0 Å². The highest BCUT2D eigenvalue weighted by Gasteiger charge is 2.17. The SMILES string of the molecule is CCOc1ccc(C(=O)O)nc1-c1cc(=O)c2cc(C)ccc2o1. The standard InChI is InChI=1S/C18H15NO5/c1-3-23-15-7-5-12(18(21)22)19-17(15)16-9-13(20)11-8-10(2)4-6-14(11)24-16/h4-9H,3H2,1-2H3,(H,21,22). The maximum atomic E-state index is 12.4. The molecule has 2 aromatic heterocycles. The molecule has 3 rings (SSSR count). The maximum absolute atomic E-state index is 12.4. The number of rotatable bonds is 4. The van der Waals surface area contributed by atoms with Crippen molar-refractivity contribution in [3.63, 3.8) is 0 Å². The monoisotopic (exact) mass is 325 g/mol. The van der Waals surface area contributed by atoms with Gasteiger partial charge in [-0.1, -0.05) is 11.6 Å². The smallest absolute Gasteiger partial charge is 0.354 e. The zero-order valence-corrected chi connectivity index (χ0v) is 13.2. The lowest BCUT2D eigenvalue weighted by molar-refractivity contribution is 0.0690. The lowest BCUT2D eigenvalue weighted by atomic mass is 10.1. The normalized spacial score (nSPS) is 10.8. The molecule has 24 heavy (non-hydrogen) atoms. The molecule has 0 aliphatic carbocycles. The van der Waals surface area contributed by atoms with Gasteiger partial charge in [0.25, 0.3) is 0 Å². The van der Waals surface area contributed by atoms with Crippen molar-refractivity contribution in [2.45, 2.75) is 13.8 Å². The average molecular weight is 325 g/mol. The van der Waals surface area contributed by atoms with Gasteiger partial charge in [0.05, 0.1) is 12.0 Å². The first-order valence-electron chi connectivity index (χ1n) is 7.41. The predicted octanol–water partition coefficient (Wildman–Crippen LogP) is 3.26. The van der Waals surface area contributed by atoms with Gasteiger partial charge in [-0.25, -0.2) is 9.78 Å². The van der Waals surface area contributed by atoms with E-state index in [2.05, 4.69) is 4.98 Å². The molecule has 0 radical (unpaired) electrons. The molecule has 0 amide bonds. The minimum absolute atomic E-state index is 0.153. The predicted molar refractivity (Wildman–Crippen MR) is 88.6 cm³/mol. The second-order valence-corrected chi connectivity index (χ2v) is 5.26. The largest absolute Gasteiger partial charge is 0.491 e. The molecule has 0 aliphatic rings. The van der Waals surface area contributed by atoms with Crippen molar-refractivity contribution in [2.75, 3.05) is 6.61 Å². The van der Waals surface area contributed by atoms with Crippen molar-refractivity contribution in [2.24, 2.45) is 0 Å². The first-order chi connectivity index (χ1) is 11.5. The van der Waals surface area contributed by atoms with Crippen molar-refractivity contribution >= 4 is 16.9 Å². The molecule has 1 N–H and O–H groups in total. The first kappa shape index (κ1) is 15.7. The van der Waals surface area contributed by atoms with Crippen LogP contribution in [0.25, 0.3) is 22.4 Å². The van der Waals surface area contributed by atoms with Gasteiger partial charge in [-0.05, 0) is 38.1 Å². The molecule has 0 saturated heterocycles. The summed E-state index contributed by atoms with van der Waals surface area (Å²) < 4.78 is 11.2. The minimum atomic E-state index is -1.17. The Kier molecular flexibility index (Phi) is 4.04. The van der Waals surface area contributed by atoms with E-state index in [4.69, 9.17) is 14.3 Å². The minimum Gasteiger partial charge on any atom is -0.491 e. The summed E-state index contributed by atoms with van der Waals surface area (Å²) in [6.45, 7) is 4.06. The second kappa shape index (κ2) is 6.16. The Morgan fingerprint density at radius 2 is 2.04 bits per heavy atom. The molecule has 6 heteroatoms. The van der Waals surface area contributed by atoms with E-state index < -0.39 is 5.97 Å². The van der Waals surface area contributed by atoms with Gasteiger partial charge in [-0.2, -0.15) is 0 Å². The van der Waals surface area contributed by atoms with Gasteiger partial charge < -0.3 is 14.3 Å². The number of carboxylic acid groups (broad SMARTS) is 1. The fourth-order valence-electron chi connectivity index (χ4n) is 2.40. The fraction of sp³-hybridized carbons (Fsp3) is 0.167. The van der Waals surface area contributed by atoms with E-state index in [9.17, 15) is 9.59 Å².